The van der Waals surface area contributed by atoms with Gasteiger partial charge in [0.15, 0.2) is 0 Å². The molecule has 0 aromatic heterocycles. The SMILES string of the molecule is COc1cc(C)c(O)cc1C1(C(=O)O)CC1. The summed E-state index contributed by atoms with van der Waals surface area (Å²) in [4.78, 5) is 11.2. The van der Waals surface area contributed by atoms with Crippen molar-refractivity contribution in [3.8, 4) is 11.5 Å². The number of aryl methyl sites for hydroxylation is 1. The van der Waals surface area contributed by atoms with Gasteiger partial charge >= 0.3 is 5.97 Å². The molecule has 0 saturated heterocycles. The number of carbonyl (C=O) groups is 1. The summed E-state index contributed by atoms with van der Waals surface area (Å²) < 4.78 is 5.18. The molecule has 0 amide bonds. The van der Waals surface area contributed by atoms with Crippen molar-refractivity contribution in [1.82, 2.24) is 0 Å². The Morgan fingerprint density at radius 2 is 2.06 bits per heavy atom. The number of carboxylic acid groups (broad SMARTS) is 1. The van der Waals surface area contributed by atoms with Crippen LogP contribution in [0.4, 0.5) is 0 Å². The summed E-state index contributed by atoms with van der Waals surface area (Å²) in [5.41, 5.74) is 0.406. The van der Waals surface area contributed by atoms with Gasteiger partial charge in [0.1, 0.15) is 11.5 Å². The standard InChI is InChI=1S/C12H14O4/c1-7-5-10(16-2)8(6-9(7)13)12(3-4-12)11(14)15/h5-6,13H,3-4H2,1-2H3,(H,14,15). The molecule has 2 rings (SSSR count). The van der Waals surface area contributed by atoms with Crippen LogP contribution in [0.1, 0.15) is 24.0 Å². The molecule has 86 valence electrons. The van der Waals surface area contributed by atoms with Gasteiger partial charge in [-0.3, -0.25) is 4.79 Å². The highest BCUT2D eigenvalue weighted by Crippen LogP contribution is 2.52. The molecule has 2 N–H and O–H groups in total. The molecular weight excluding hydrogens is 208 g/mol. The van der Waals surface area contributed by atoms with Crippen LogP contribution in [0.2, 0.25) is 0 Å². The van der Waals surface area contributed by atoms with Crippen LogP contribution in [-0.4, -0.2) is 23.3 Å². The highest BCUT2D eigenvalue weighted by atomic mass is 16.5. The predicted molar refractivity (Wildman–Crippen MR) is 57.9 cm³/mol. The first-order valence-corrected chi connectivity index (χ1v) is 5.13. The molecule has 1 fully saturated rings. The molecule has 1 aromatic rings. The third-order valence-corrected chi connectivity index (χ3v) is 3.19. The van der Waals surface area contributed by atoms with Crippen molar-refractivity contribution in [1.29, 1.82) is 0 Å². The predicted octanol–water partition coefficient (Wildman–Crippen LogP) is 1.83. The number of carboxylic acids is 1. The second-order valence-corrected chi connectivity index (χ2v) is 4.23. The van der Waals surface area contributed by atoms with Crippen LogP contribution >= 0.6 is 0 Å². The van der Waals surface area contributed by atoms with Crippen LogP contribution in [0.15, 0.2) is 12.1 Å². The van der Waals surface area contributed by atoms with E-state index >= 15 is 0 Å². The van der Waals surface area contributed by atoms with Crippen LogP contribution in [0.25, 0.3) is 0 Å². The Kier molecular flexibility index (Phi) is 2.30. The van der Waals surface area contributed by atoms with Gasteiger partial charge in [-0.1, -0.05) is 0 Å². The van der Waals surface area contributed by atoms with Crippen LogP contribution in [-0.2, 0) is 10.2 Å². The molecule has 4 nitrogen and oxygen atoms in total. The second kappa shape index (κ2) is 3.40. The lowest BCUT2D eigenvalue weighted by atomic mass is 9.93. The summed E-state index contributed by atoms with van der Waals surface area (Å²) in [6.07, 6.45) is 1.20. The molecule has 1 aliphatic rings. The first-order chi connectivity index (χ1) is 7.51. The van der Waals surface area contributed by atoms with Crippen molar-refractivity contribution in [2.24, 2.45) is 0 Å². The highest BCUT2D eigenvalue weighted by molar-refractivity contribution is 5.86. The summed E-state index contributed by atoms with van der Waals surface area (Å²) in [5.74, 6) is -0.201. The Morgan fingerprint density at radius 1 is 1.44 bits per heavy atom. The summed E-state index contributed by atoms with van der Waals surface area (Å²) in [5, 5.41) is 18.8. The number of aromatic hydroxyl groups is 1. The number of phenolic OH excluding ortho intramolecular Hbond substituents is 1. The van der Waals surface area contributed by atoms with Gasteiger partial charge < -0.3 is 14.9 Å². The van der Waals surface area contributed by atoms with Crippen molar-refractivity contribution in [3.63, 3.8) is 0 Å². The van der Waals surface area contributed by atoms with E-state index in [0.29, 0.717) is 29.7 Å². The van der Waals surface area contributed by atoms with Crippen LogP contribution in [0.3, 0.4) is 0 Å². The van der Waals surface area contributed by atoms with E-state index in [0.717, 1.165) is 0 Å². The third kappa shape index (κ3) is 1.41. The van der Waals surface area contributed by atoms with Gasteiger partial charge in [-0.05, 0) is 37.5 Å². The lowest BCUT2D eigenvalue weighted by Gasteiger charge is -2.16. The maximum Gasteiger partial charge on any atom is 0.314 e. The molecule has 16 heavy (non-hydrogen) atoms. The van der Waals surface area contributed by atoms with Crippen molar-refractivity contribution < 1.29 is 19.7 Å². The van der Waals surface area contributed by atoms with Crippen molar-refractivity contribution in [2.45, 2.75) is 25.2 Å². The first kappa shape index (κ1) is 10.8. The average molecular weight is 222 g/mol. The lowest BCUT2D eigenvalue weighted by Crippen LogP contribution is -2.20. The minimum Gasteiger partial charge on any atom is -0.508 e. The van der Waals surface area contributed by atoms with E-state index in [2.05, 4.69) is 0 Å². The minimum absolute atomic E-state index is 0.114. The zero-order valence-electron chi connectivity index (χ0n) is 9.28. The largest absolute Gasteiger partial charge is 0.508 e. The lowest BCUT2D eigenvalue weighted by molar-refractivity contribution is -0.140. The zero-order chi connectivity index (χ0) is 11.9. The number of hydrogen-bond donors (Lipinski definition) is 2. The van der Waals surface area contributed by atoms with Crippen LogP contribution in [0, 0.1) is 6.92 Å². The molecule has 0 heterocycles. The summed E-state index contributed by atoms with van der Waals surface area (Å²) in [6, 6.07) is 3.18. The van der Waals surface area contributed by atoms with Crippen molar-refractivity contribution >= 4 is 5.97 Å². The van der Waals surface area contributed by atoms with Gasteiger partial charge in [-0.2, -0.15) is 0 Å². The maximum absolute atomic E-state index is 11.2. The number of hydrogen-bond acceptors (Lipinski definition) is 3. The Balaban J connectivity index is 2.56. The number of benzene rings is 1. The Hall–Kier alpha value is -1.71. The van der Waals surface area contributed by atoms with E-state index in [-0.39, 0.29) is 5.75 Å². The minimum atomic E-state index is -0.853. The fourth-order valence-corrected chi connectivity index (χ4v) is 1.94. The Morgan fingerprint density at radius 3 is 2.50 bits per heavy atom. The smallest absolute Gasteiger partial charge is 0.314 e. The average Bonchev–Trinajstić information content (AvgIpc) is 3.02. The van der Waals surface area contributed by atoms with E-state index < -0.39 is 11.4 Å². The fourth-order valence-electron chi connectivity index (χ4n) is 1.94. The monoisotopic (exact) mass is 222 g/mol. The normalized spacial score (nSPS) is 16.9. The topological polar surface area (TPSA) is 66.8 Å². The molecule has 0 atom stereocenters. The Labute approximate surface area is 93.5 Å². The van der Waals surface area contributed by atoms with Gasteiger partial charge in [0.2, 0.25) is 0 Å². The quantitative estimate of drug-likeness (QED) is 0.818. The maximum atomic E-state index is 11.2. The third-order valence-electron chi connectivity index (χ3n) is 3.19. The van der Waals surface area contributed by atoms with Crippen LogP contribution in [0.5, 0.6) is 11.5 Å². The van der Waals surface area contributed by atoms with Crippen molar-refractivity contribution in [3.05, 3.63) is 23.3 Å². The summed E-state index contributed by atoms with van der Waals surface area (Å²) in [6.45, 7) is 1.75. The van der Waals surface area contributed by atoms with Gasteiger partial charge in [-0.25, -0.2) is 0 Å². The van der Waals surface area contributed by atoms with E-state index in [1.165, 1.54) is 13.2 Å². The van der Waals surface area contributed by atoms with E-state index in [4.69, 9.17) is 4.74 Å². The summed E-state index contributed by atoms with van der Waals surface area (Å²) >= 11 is 0. The van der Waals surface area contributed by atoms with Crippen LogP contribution < -0.4 is 4.74 Å². The molecule has 1 aliphatic carbocycles. The number of methoxy groups -OCH3 is 1. The summed E-state index contributed by atoms with van der Waals surface area (Å²) in [7, 11) is 1.51. The molecule has 4 heteroatoms. The van der Waals surface area contributed by atoms with E-state index in [9.17, 15) is 15.0 Å². The molecule has 1 aromatic carbocycles. The number of ether oxygens (including phenoxy) is 1. The zero-order valence-corrected chi connectivity index (χ0v) is 9.28. The molecule has 0 radical (unpaired) electrons. The van der Waals surface area contributed by atoms with Crippen molar-refractivity contribution in [2.75, 3.05) is 7.11 Å². The molecule has 0 spiro atoms. The van der Waals surface area contributed by atoms with Gasteiger partial charge in [0, 0.05) is 5.56 Å². The first-order valence-electron chi connectivity index (χ1n) is 5.13. The molecule has 0 bridgehead atoms. The molecular formula is C12H14O4. The molecule has 0 unspecified atom stereocenters. The van der Waals surface area contributed by atoms with Gasteiger partial charge in [-0.15, -0.1) is 0 Å². The number of phenols is 1. The highest BCUT2D eigenvalue weighted by Gasteiger charge is 2.53. The second-order valence-electron chi connectivity index (χ2n) is 4.23. The van der Waals surface area contributed by atoms with E-state index in [1.54, 1.807) is 13.0 Å². The fraction of sp³-hybridized carbons (Fsp3) is 0.417. The number of rotatable bonds is 3. The van der Waals surface area contributed by atoms with Gasteiger partial charge in [0.25, 0.3) is 0 Å². The molecule has 1 saturated carbocycles. The molecule has 0 aliphatic heterocycles. The van der Waals surface area contributed by atoms with Gasteiger partial charge in [0.05, 0.1) is 12.5 Å². The van der Waals surface area contributed by atoms with E-state index in [1.807, 2.05) is 0 Å². The number of aliphatic carboxylic acids is 1. The Bertz CT molecular complexity index is 447.